The quantitative estimate of drug-likeness (QED) is 0.766. The lowest BCUT2D eigenvalue weighted by Crippen LogP contribution is -2.34. The summed E-state index contributed by atoms with van der Waals surface area (Å²) in [5.41, 5.74) is 5.22. The number of hydrogen-bond donors (Lipinski definition) is 1. The molecule has 16 heavy (non-hydrogen) atoms. The normalized spacial score (nSPS) is 17.9. The molecule has 2 aliphatic rings. The maximum Gasteiger partial charge on any atom is 0.211 e. The van der Waals surface area contributed by atoms with Crippen LogP contribution in [0.3, 0.4) is 0 Å². The summed E-state index contributed by atoms with van der Waals surface area (Å²) in [5.74, 6) is 0. The summed E-state index contributed by atoms with van der Waals surface area (Å²) < 4.78 is 0. The lowest BCUT2D eigenvalue weighted by molar-refractivity contribution is -0.105. The summed E-state index contributed by atoms with van der Waals surface area (Å²) in [4.78, 5) is 13.0. The zero-order valence-electron chi connectivity index (χ0n) is 9.33. The van der Waals surface area contributed by atoms with Crippen LogP contribution in [0.4, 0.5) is 11.4 Å². The summed E-state index contributed by atoms with van der Waals surface area (Å²) in [6.45, 7) is 2.39. The molecule has 0 fully saturated rings. The molecule has 2 heterocycles. The van der Waals surface area contributed by atoms with Crippen LogP contribution in [-0.2, 0) is 17.6 Å². The van der Waals surface area contributed by atoms with E-state index in [4.69, 9.17) is 0 Å². The van der Waals surface area contributed by atoms with Crippen molar-refractivity contribution in [3.05, 3.63) is 23.3 Å². The second kappa shape index (κ2) is 3.81. The second-order valence-corrected chi connectivity index (χ2v) is 4.60. The fraction of sp³-hybridized carbons (Fsp3) is 0.462. The van der Waals surface area contributed by atoms with Gasteiger partial charge < -0.3 is 10.2 Å². The van der Waals surface area contributed by atoms with E-state index in [-0.39, 0.29) is 0 Å². The third kappa shape index (κ3) is 1.47. The molecule has 1 aromatic carbocycles. The van der Waals surface area contributed by atoms with Gasteiger partial charge in [0.1, 0.15) is 0 Å². The molecule has 3 rings (SSSR count). The van der Waals surface area contributed by atoms with Crippen LogP contribution in [0.1, 0.15) is 24.0 Å². The van der Waals surface area contributed by atoms with Gasteiger partial charge in [-0.3, -0.25) is 4.79 Å². The molecule has 0 radical (unpaired) electrons. The van der Waals surface area contributed by atoms with Crippen LogP contribution in [0.15, 0.2) is 12.1 Å². The number of rotatable bonds is 2. The third-order valence-electron chi connectivity index (χ3n) is 3.56. The topological polar surface area (TPSA) is 32.3 Å². The van der Waals surface area contributed by atoms with Crippen molar-refractivity contribution < 1.29 is 4.79 Å². The van der Waals surface area contributed by atoms with E-state index < -0.39 is 0 Å². The average molecular weight is 216 g/mol. The molecule has 0 spiro atoms. The van der Waals surface area contributed by atoms with Crippen molar-refractivity contribution in [1.82, 2.24) is 0 Å². The third-order valence-corrected chi connectivity index (χ3v) is 3.56. The summed E-state index contributed by atoms with van der Waals surface area (Å²) >= 11 is 0. The Morgan fingerprint density at radius 3 is 2.31 bits per heavy atom. The summed E-state index contributed by atoms with van der Waals surface area (Å²) in [5, 5.41) is 2.77. The highest BCUT2D eigenvalue weighted by molar-refractivity contribution is 5.76. The number of carbonyl (C=O) groups excluding carboxylic acids is 1. The van der Waals surface area contributed by atoms with Crippen molar-refractivity contribution in [2.45, 2.75) is 25.7 Å². The van der Waals surface area contributed by atoms with Crippen LogP contribution in [0.5, 0.6) is 0 Å². The van der Waals surface area contributed by atoms with Gasteiger partial charge in [-0.05, 0) is 48.9 Å². The monoisotopic (exact) mass is 216 g/mol. The van der Waals surface area contributed by atoms with E-state index in [1.54, 1.807) is 0 Å². The van der Waals surface area contributed by atoms with Crippen LogP contribution >= 0.6 is 0 Å². The van der Waals surface area contributed by atoms with Crippen LogP contribution in [-0.4, -0.2) is 19.5 Å². The molecule has 2 aliphatic heterocycles. The standard InChI is InChI=1S/C13H16N2O/c16-9-14-12-7-10-3-1-5-15-6-2-4-11(8-12)13(10)15/h7-9H,1-6H2,(H,14,16). The molecule has 0 atom stereocenters. The van der Waals surface area contributed by atoms with Crippen molar-refractivity contribution >= 4 is 17.8 Å². The smallest absolute Gasteiger partial charge is 0.211 e. The highest BCUT2D eigenvalue weighted by Crippen LogP contribution is 2.37. The van der Waals surface area contributed by atoms with Gasteiger partial charge in [-0.25, -0.2) is 0 Å². The van der Waals surface area contributed by atoms with E-state index in [0.717, 1.165) is 24.9 Å². The van der Waals surface area contributed by atoms with Crippen molar-refractivity contribution in [3.8, 4) is 0 Å². The largest absolute Gasteiger partial charge is 0.371 e. The van der Waals surface area contributed by atoms with E-state index in [1.807, 2.05) is 0 Å². The molecule has 1 aromatic rings. The highest BCUT2D eigenvalue weighted by atomic mass is 16.1. The molecule has 0 aromatic heterocycles. The molecule has 1 amide bonds. The fourth-order valence-electron chi connectivity index (χ4n) is 2.95. The number of amides is 1. The Hall–Kier alpha value is -1.51. The minimum atomic E-state index is 0.762. The first kappa shape index (κ1) is 9.70. The van der Waals surface area contributed by atoms with E-state index in [1.165, 1.54) is 42.7 Å². The number of nitrogens with zero attached hydrogens (tertiary/aromatic N) is 1. The van der Waals surface area contributed by atoms with Crippen LogP contribution in [0.25, 0.3) is 0 Å². The Morgan fingerprint density at radius 2 is 1.75 bits per heavy atom. The lowest BCUT2D eigenvalue weighted by Gasteiger charge is -2.37. The van der Waals surface area contributed by atoms with E-state index >= 15 is 0 Å². The number of nitrogens with one attached hydrogen (secondary N) is 1. The molecule has 1 N–H and O–H groups in total. The first-order valence-corrected chi connectivity index (χ1v) is 5.99. The minimum Gasteiger partial charge on any atom is -0.371 e. The molecule has 0 saturated carbocycles. The Kier molecular flexibility index (Phi) is 2.31. The number of carbonyl (C=O) groups is 1. The minimum absolute atomic E-state index is 0.762. The predicted molar refractivity (Wildman–Crippen MR) is 65.0 cm³/mol. The van der Waals surface area contributed by atoms with Crippen LogP contribution < -0.4 is 10.2 Å². The zero-order valence-corrected chi connectivity index (χ0v) is 9.33. The van der Waals surface area contributed by atoms with Gasteiger partial charge in [0, 0.05) is 24.5 Å². The molecule has 84 valence electrons. The zero-order chi connectivity index (χ0) is 11.0. The molecular weight excluding hydrogens is 200 g/mol. The number of benzene rings is 1. The van der Waals surface area contributed by atoms with Crippen molar-refractivity contribution in [1.29, 1.82) is 0 Å². The van der Waals surface area contributed by atoms with Crippen molar-refractivity contribution in [3.63, 3.8) is 0 Å². The van der Waals surface area contributed by atoms with Crippen LogP contribution in [0, 0.1) is 0 Å². The van der Waals surface area contributed by atoms with E-state index in [2.05, 4.69) is 22.3 Å². The van der Waals surface area contributed by atoms with Gasteiger partial charge in [0.2, 0.25) is 6.41 Å². The summed E-state index contributed by atoms with van der Waals surface area (Å²) in [6, 6.07) is 4.26. The lowest BCUT2D eigenvalue weighted by atomic mass is 9.91. The Balaban J connectivity index is 2.09. The van der Waals surface area contributed by atoms with E-state index in [9.17, 15) is 4.79 Å². The molecule has 3 heteroatoms. The fourth-order valence-corrected chi connectivity index (χ4v) is 2.95. The highest BCUT2D eigenvalue weighted by Gasteiger charge is 2.23. The van der Waals surface area contributed by atoms with Gasteiger partial charge in [0.15, 0.2) is 0 Å². The number of hydrogen-bond acceptors (Lipinski definition) is 2. The van der Waals surface area contributed by atoms with Gasteiger partial charge in [-0.1, -0.05) is 0 Å². The van der Waals surface area contributed by atoms with E-state index in [0.29, 0.717) is 0 Å². The van der Waals surface area contributed by atoms with Gasteiger partial charge in [-0.2, -0.15) is 0 Å². The predicted octanol–water partition coefficient (Wildman–Crippen LogP) is 1.95. The average Bonchev–Trinajstić information content (AvgIpc) is 2.30. The number of aryl methyl sites for hydroxylation is 2. The Labute approximate surface area is 95.4 Å². The molecule has 0 unspecified atom stereocenters. The Bertz CT molecular complexity index is 397. The maximum absolute atomic E-state index is 10.5. The molecule has 0 aliphatic carbocycles. The van der Waals surface area contributed by atoms with Crippen molar-refractivity contribution in [2.24, 2.45) is 0 Å². The molecule has 3 nitrogen and oxygen atoms in total. The van der Waals surface area contributed by atoms with Gasteiger partial charge in [0.05, 0.1) is 0 Å². The SMILES string of the molecule is O=CNc1cc2c3c(c1)CCCN3CCC2. The van der Waals surface area contributed by atoms with Gasteiger partial charge >= 0.3 is 0 Å². The van der Waals surface area contributed by atoms with Gasteiger partial charge in [0.25, 0.3) is 0 Å². The summed E-state index contributed by atoms with van der Waals surface area (Å²) in [7, 11) is 0. The molecule has 0 saturated heterocycles. The van der Waals surface area contributed by atoms with Crippen LogP contribution in [0.2, 0.25) is 0 Å². The number of anilines is 2. The Morgan fingerprint density at radius 1 is 1.12 bits per heavy atom. The first-order chi connectivity index (χ1) is 7.88. The molecular formula is C13H16N2O. The maximum atomic E-state index is 10.5. The molecule has 0 bridgehead atoms. The first-order valence-electron chi connectivity index (χ1n) is 5.99. The van der Waals surface area contributed by atoms with Crippen molar-refractivity contribution in [2.75, 3.05) is 23.3 Å². The summed E-state index contributed by atoms with van der Waals surface area (Å²) in [6.07, 6.45) is 5.52. The second-order valence-electron chi connectivity index (χ2n) is 4.60. The van der Waals surface area contributed by atoms with Gasteiger partial charge in [-0.15, -0.1) is 0 Å².